The SMILES string of the molecule is CCNC(c1cc(Cl)ccc1Cl)c1ccc(Cl)cc1Br. The molecule has 1 nitrogen and oxygen atoms in total. The van der Waals surface area contributed by atoms with Gasteiger partial charge in [-0.3, -0.25) is 0 Å². The first-order valence-electron chi connectivity index (χ1n) is 6.16. The topological polar surface area (TPSA) is 12.0 Å². The average Bonchev–Trinajstić information content (AvgIpc) is 2.40. The van der Waals surface area contributed by atoms with Crippen molar-refractivity contribution in [3.05, 3.63) is 67.1 Å². The molecule has 0 heterocycles. The predicted molar refractivity (Wildman–Crippen MR) is 91.1 cm³/mol. The van der Waals surface area contributed by atoms with E-state index in [-0.39, 0.29) is 6.04 Å². The molecule has 0 bridgehead atoms. The first-order valence-corrected chi connectivity index (χ1v) is 8.09. The molecule has 0 radical (unpaired) electrons. The molecule has 106 valence electrons. The number of halogens is 4. The second-order valence-electron chi connectivity index (χ2n) is 4.32. The number of hydrogen-bond acceptors (Lipinski definition) is 1. The highest BCUT2D eigenvalue weighted by atomic mass is 79.9. The Balaban J connectivity index is 2.53. The van der Waals surface area contributed by atoms with Crippen LogP contribution in [0.4, 0.5) is 0 Å². The van der Waals surface area contributed by atoms with Crippen molar-refractivity contribution in [2.45, 2.75) is 13.0 Å². The molecule has 0 aliphatic carbocycles. The molecule has 2 aromatic carbocycles. The zero-order valence-electron chi connectivity index (χ0n) is 10.8. The third-order valence-corrected chi connectivity index (χ3v) is 4.45. The van der Waals surface area contributed by atoms with E-state index in [1.54, 1.807) is 6.07 Å². The molecule has 1 N–H and O–H groups in total. The van der Waals surface area contributed by atoms with Gasteiger partial charge in [0.15, 0.2) is 0 Å². The molecule has 2 aromatic rings. The van der Waals surface area contributed by atoms with Crippen LogP contribution in [0.5, 0.6) is 0 Å². The van der Waals surface area contributed by atoms with Crippen LogP contribution in [0.15, 0.2) is 40.9 Å². The van der Waals surface area contributed by atoms with Crippen LogP contribution in [0.25, 0.3) is 0 Å². The van der Waals surface area contributed by atoms with E-state index in [1.165, 1.54) is 0 Å². The van der Waals surface area contributed by atoms with Gasteiger partial charge < -0.3 is 5.32 Å². The number of rotatable bonds is 4. The molecule has 0 fully saturated rings. The predicted octanol–water partition coefficient (Wildman–Crippen LogP) is 6.11. The molecule has 0 saturated heterocycles. The number of hydrogen-bond donors (Lipinski definition) is 1. The molecule has 1 unspecified atom stereocenters. The van der Waals surface area contributed by atoms with Crippen LogP contribution in [0.2, 0.25) is 15.1 Å². The first kappa shape index (κ1) is 16.1. The minimum Gasteiger partial charge on any atom is -0.306 e. The Morgan fingerprint density at radius 2 is 1.65 bits per heavy atom. The minimum absolute atomic E-state index is 0.0437. The van der Waals surface area contributed by atoms with Crippen molar-refractivity contribution >= 4 is 50.7 Å². The van der Waals surface area contributed by atoms with Crippen molar-refractivity contribution < 1.29 is 0 Å². The lowest BCUT2D eigenvalue weighted by molar-refractivity contribution is 0.629. The summed E-state index contributed by atoms with van der Waals surface area (Å²) >= 11 is 22.0. The second kappa shape index (κ2) is 7.15. The molecule has 0 spiro atoms. The van der Waals surface area contributed by atoms with Crippen molar-refractivity contribution in [1.82, 2.24) is 5.32 Å². The van der Waals surface area contributed by atoms with Crippen LogP contribution in [0.1, 0.15) is 24.1 Å². The van der Waals surface area contributed by atoms with Gasteiger partial charge >= 0.3 is 0 Å². The van der Waals surface area contributed by atoms with E-state index < -0.39 is 0 Å². The fourth-order valence-corrected chi connectivity index (χ4v) is 3.38. The Morgan fingerprint density at radius 3 is 2.30 bits per heavy atom. The summed E-state index contributed by atoms with van der Waals surface area (Å²) in [5, 5.41) is 5.46. The fraction of sp³-hybridized carbons (Fsp3) is 0.200. The Morgan fingerprint density at radius 1 is 1.00 bits per heavy atom. The normalized spacial score (nSPS) is 12.4. The van der Waals surface area contributed by atoms with Crippen molar-refractivity contribution in [2.24, 2.45) is 0 Å². The van der Waals surface area contributed by atoms with Gasteiger partial charge in [-0.2, -0.15) is 0 Å². The van der Waals surface area contributed by atoms with Crippen LogP contribution in [-0.2, 0) is 0 Å². The molecule has 2 rings (SSSR count). The maximum absolute atomic E-state index is 6.32. The van der Waals surface area contributed by atoms with E-state index in [2.05, 4.69) is 28.2 Å². The number of nitrogens with one attached hydrogen (secondary N) is 1. The summed E-state index contributed by atoms with van der Waals surface area (Å²) in [6.45, 7) is 2.86. The lowest BCUT2D eigenvalue weighted by atomic mass is 9.98. The van der Waals surface area contributed by atoms with Crippen molar-refractivity contribution in [2.75, 3.05) is 6.54 Å². The molecular formula is C15H13BrCl3N. The van der Waals surface area contributed by atoms with Crippen molar-refractivity contribution in [3.63, 3.8) is 0 Å². The summed E-state index contributed by atoms with van der Waals surface area (Å²) < 4.78 is 0.937. The van der Waals surface area contributed by atoms with E-state index in [0.717, 1.165) is 22.1 Å². The Labute approximate surface area is 142 Å². The highest BCUT2D eigenvalue weighted by Gasteiger charge is 2.19. The largest absolute Gasteiger partial charge is 0.306 e. The van der Waals surface area contributed by atoms with E-state index in [1.807, 2.05) is 30.3 Å². The smallest absolute Gasteiger partial charge is 0.0603 e. The van der Waals surface area contributed by atoms with Crippen molar-refractivity contribution in [1.29, 1.82) is 0 Å². The Kier molecular flexibility index (Phi) is 5.76. The lowest BCUT2D eigenvalue weighted by Gasteiger charge is -2.22. The zero-order chi connectivity index (χ0) is 14.7. The monoisotopic (exact) mass is 391 g/mol. The van der Waals surface area contributed by atoms with Gasteiger partial charge in [-0.25, -0.2) is 0 Å². The molecule has 0 aliphatic heterocycles. The fourth-order valence-electron chi connectivity index (χ4n) is 2.06. The molecule has 1 atom stereocenters. The van der Waals surface area contributed by atoms with Gasteiger partial charge in [-0.05, 0) is 48.0 Å². The summed E-state index contributed by atoms with van der Waals surface area (Å²) in [7, 11) is 0. The van der Waals surface area contributed by atoms with Gasteiger partial charge in [0, 0.05) is 19.5 Å². The van der Waals surface area contributed by atoms with Crippen LogP contribution in [0.3, 0.4) is 0 Å². The molecule has 5 heteroatoms. The quantitative estimate of drug-likeness (QED) is 0.661. The maximum Gasteiger partial charge on any atom is 0.0603 e. The average molecular weight is 394 g/mol. The highest BCUT2D eigenvalue weighted by molar-refractivity contribution is 9.10. The van der Waals surface area contributed by atoms with Gasteiger partial charge in [-0.1, -0.05) is 63.7 Å². The van der Waals surface area contributed by atoms with Crippen LogP contribution >= 0.6 is 50.7 Å². The van der Waals surface area contributed by atoms with Gasteiger partial charge in [0.05, 0.1) is 6.04 Å². The summed E-state index contributed by atoms with van der Waals surface area (Å²) in [6, 6.07) is 11.2. The first-order chi connectivity index (χ1) is 9.52. The molecule has 20 heavy (non-hydrogen) atoms. The molecule has 0 amide bonds. The standard InChI is InChI=1S/C15H13BrCl3N/c1-2-20-15(11-5-3-10(18)8-13(11)16)12-7-9(17)4-6-14(12)19/h3-8,15,20H,2H2,1H3. The van der Waals surface area contributed by atoms with Gasteiger partial charge in [0.1, 0.15) is 0 Å². The van der Waals surface area contributed by atoms with Crippen LogP contribution in [-0.4, -0.2) is 6.54 Å². The minimum atomic E-state index is -0.0437. The molecule has 0 saturated carbocycles. The maximum atomic E-state index is 6.32. The van der Waals surface area contributed by atoms with Crippen molar-refractivity contribution in [3.8, 4) is 0 Å². The van der Waals surface area contributed by atoms with Gasteiger partial charge in [0.2, 0.25) is 0 Å². The summed E-state index contributed by atoms with van der Waals surface area (Å²) in [6.07, 6.45) is 0. The number of benzene rings is 2. The lowest BCUT2D eigenvalue weighted by Crippen LogP contribution is -2.22. The Hall–Kier alpha value is -0.250. The summed E-state index contributed by atoms with van der Waals surface area (Å²) in [4.78, 5) is 0. The van der Waals surface area contributed by atoms with E-state index in [9.17, 15) is 0 Å². The Bertz CT molecular complexity index is 616. The van der Waals surface area contributed by atoms with E-state index in [4.69, 9.17) is 34.8 Å². The van der Waals surface area contributed by atoms with Gasteiger partial charge in [-0.15, -0.1) is 0 Å². The second-order valence-corrected chi connectivity index (χ2v) is 6.46. The zero-order valence-corrected chi connectivity index (χ0v) is 14.6. The van der Waals surface area contributed by atoms with Crippen LogP contribution < -0.4 is 5.32 Å². The highest BCUT2D eigenvalue weighted by Crippen LogP contribution is 2.35. The summed E-state index contributed by atoms with van der Waals surface area (Å²) in [5.74, 6) is 0. The van der Waals surface area contributed by atoms with E-state index in [0.29, 0.717) is 15.1 Å². The summed E-state index contributed by atoms with van der Waals surface area (Å²) in [5.41, 5.74) is 2.02. The van der Waals surface area contributed by atoms with Crippen LogP contribution in [0, 0.1) is 0 Å². The third kappa shape index (κ3) is 3.69. The van der Waals surface area contributed by atoms with E-state index >= 15 is 0 Å². The molecular weight excluding hydrogens is 380 g/mol. The molecule has 0 aliphatic rings. The third-order valence-electron chi connectivity index (χ3n) is 2.95. The van der Waals surface area contributed by atoms with Gasteiger partial charge in [0.25, 0.3) is 0 Å². The molecule has 0 aromatic heterocycles.